The van der Waals surface area contributed by atoms with Crippen molar-refractivity contribution in [1.82, 2.24) is 0 Å². The van der Waals surface area contributed by atoms with Crippen LogP contribution in [0.3, 0.4) is 0 Å². The van der Waals surface area contributed by atoms with Crippen molar-refractivity contribution in [2.45, 2.75) is 20.3 Å². The fourth-order valence-electron chi connectivity index (χ4n) is 2.30. The SMILES string of the molecule is Cc1ccc(N(CCC#N)C(=O)COc2ccc(C#N)cc2)cc1C. The van der Waals surface area contributed by atoms with Gasteiger partial charge in [0.15, 0.2) is 6.61 Å². The first-order chi connectivity index (χ1) is 12.0. The number of aryl methyl sites for hydroxylation is 2. The molecule has 2 aromatic rings. The average Bonchev–Trinajstić information content (AvgIpc) is 2.63. The number of hydrogen-bond acceptors (Lipinski definition) is 4. The van der Waals surface area contributed by atoms with Gasteiger partial charge in [0, 0.05) is 12.2 Å². The van der Waals surface area contributed by atoms with E-state index in [0.29, 0.717) is 17.9 Å². The van der Waals surface area contributed by atoms with Crippen molar-refractivity contribution in [3.05, 3.63) is 59.2 Å². The maximum absolute atomic E-state index is 12.6. The number of carbonyl (C=O) groups is 1. The highest BCUT2D eigenvalue weighted by molar-refractivity contribution is 5.94. The fraction of sp³-hybridized carbons (Fsp3) is 0.250. The molecule has 0 radical (unpaired) electrons. The molecular weight excluding hydrogens is 314 g/mol. The van der Waals surface area contributed by atoms with Crippen molar-refractivity contribution in [2.24, 2.45) is 0 Å². The summed E-state index contributed by atoms with van der Waals surface area (Å²) in [4.78, 5) is 14.2. The monoisotopic (exact) mass is 333 g/mol. The van der Waals surface area contributed by atoms with Crippen LogP contribution in [0.25, 0.3) is 0 Å². The van der Waals surface area contributed by atoms with Crippen LogP contribution in [0.2, 0.25) is 0 Å². The molecule has 126 valence electrons. The van der Waals surface area contributed by atoms with E-state index in [2.05, 4.69) is 6.07 Å². The number of nitriles is 2. The smallest absolute Gasteiger partial charge is 0.264 e. The molecule has 1 amide bonds. The largest absolute Gasteiger partial charge is 0.484 e. The van der Waals surface area contributed by atoms with Crippen molar-refractivity contribution in [3.63, 3.8) is 0 Å². The van der Waals surface area contributed by atoms with Crippen LogP contribution in [0.5, 0.6) is 5.75 Å². The quantitative estimate of drug-likeness (QED) is 0.810. The maximum Gasteiger partial charge on any atom is 0.264 e. The van der Waals surface area contributed by atoms with Crippen molar-refractivity contribution in [1.29, 1.82) is 10.5 Å². The van der Waals surface area contributed by atoms with E-state index in [-0.39, 0.29) is 18.9 Å². The molecule has 0 heterocycles. The Kier molecular flexibility index (Phi) is 6.14. The fourth-order valence-corrected chi connectivity index (χ4v) is 2.30. The van der Waals surface area contributed by atoms with Gasteiger partial charge in [-0.1, -0.05) is 6.07 Å². The number of hydrogen-bond donors (Lipinski definition) is 0. The van der Waals surface area contributed by atoms with E-state index in [9.17, 15) is 4.79 Å². The number of nitrogens with zero attached hydrogens (tertiary/aromatic N) is 3. The third-order valence-corrected chi connectivity index (χ3v) is 3.90. The van der Waals surface area contributed by atoms with Crippen LogP contribution in [0.4, 0.5) is 5.69 Å². The molecule has 0 atom stereocenters. The first-order valence-electron chi connectivity index (χ1n) is 7.92. The zero-order valence-corrected chi connectivity index (χ0v) is 14.3. The van der Waals surface area contributed by atoms with E-state index in [1.807, 2.05) is 38.1 Å². The second-order valence-electron chi connectivity index (χ2n) is 5.65. The van der Waals surface area contributed by atoms with Crippen LogP contribution < -0.4 is 9.64 Å². The van der Waals surface area contributed by atoms with Crippen molar-refractivity contribution < 1.29 is 9.53 Å². The lowest BCUT2D eigenvalue weighted by molar-refractivity contribution is -0.120. The van der Waals surface area contributed by atoms with Crippen molar-refractivity contribution in [3.8, 4) is 17.9 Å². The molecule has 0 aliphatic carbocycles. The Morgan fingerprint density at radius 3 is 2.40 bits per heavy atom. The molecule has 2 rings (SSSR count). The van der Waals surface area contributed by atoms with Gasteiger partial charge in [-0.25, -0.2) is 0 Å². The molecule has 0 N–H and O–H groups in total. The first-order valence-corrected chi connectivity index (χ1v) is 7.92. The second-order valence-corrected chi connectivity index (χ2v) is 5.65. The Morgan fingerprint density at radius 2 is 1.80 bits per heavy atom. The van der Waals surface area contributed by atoms with Crippen LogP contribution in [0.1, 0.15) is 23.1 Å². The van der Waals surface area contributed by atoms with Gasteiger partial charge >= 0.3 is 0 Å². The molecule has 25 heavy (non-hydrogen) atoms. The summed E-state index contributed by atoms with van der Waals surface area (Å²) in [6.45, 7) is 4.17. The van der Waals surface area contributed by atoms with Gasteiger partial charge in [0.05, 0.1) is 24.1 Å². The molecule has 0 fully saturated rings. The van der Waals surface area contributed by atoms with Gasteiger partial charge in [0.2, 0.25) is 0 Å². The summed E-state index contributed by atoms with van der Waals surface area (Å²) in [5.41, 5.74) is 3.52. The summed E-state index contributed by atoms with van der Waals surface area (Å²) in [5, 5.41) is 17.6. The van der Waals surface area contributed by atoms with Gasteiger partial charge in [-0.05, 0) is 61.4 Å². The van der Waals surface area contributed by atoms with E-state index in [0.717, 1.165) is 16.8 Å². The molecule has 0 spiro atoms. The summed E-state index contributed by atoms with van der Waals surface area (Å²) >= 11 is 0. The highest BCUT2D eigenvalue weighted by atomic mass is 16.5. The molecule has 5 heteroatoms. The zero-order chi connectivity index (χ0) is 18.2. The van der Waals surface area contributed by atoms with Gasteiger partial charge in [-0.2, -0.15) is 10.5 Å². The molecule has 0 aliphatic heterocycles. The van der Waals surface area contributed by atoms with E-state index in [1.165, 1.54) is 0 Å². The van der Waals surface area contributed by atoms with Gasteiger partial charge < -0.3 is 9.64 Å². The molecule has 0 bridgehead atoms. The number of rotatable bonds is 6. The number of amides is 1. The third-order valence-electron chi connectivity index (χ3n) is 3.90. The highest BCUT2D eigenvalue weighted by Gasteiger charge is 2.16. The molecule has 0 aromatic heterocycles. The molecule has 0 saturated heterocycles. The third kappa shape index (κ3) is 4.83. The summed E-state index contributed by atoms with van der Waals surface area (Å²) in [7, 11) is 0. The highest BCUT2D eigenvalue weighted by Crippen LogP contribution is 2.20. The van der Waals surface area contributed by atoms with Crippen LogP contribution in [-0.4, -0.2) is 19.1 Å². The van der Waals surface area contributed by atoms with Crippen molar-refractivity contribution in [2.75, 3.05) is 18.1 Å². The molecule has 0 aliphatic rings. The second kappa shape index (κ2) is 8.52. The zero-order valence-electron chi connectivity index (χ0n) is 14.3. The lowest BCUT2D eigenvalue weighted by Crippen LogP contribution is -2.35. The number of anilines is 1. The predicted octanol–water partition coefficient (Wildman–Crippen LogP) is 3.50. The molecule has 2 aromatic carbocycles. The number of carbonyl (C=O) groups excluding carboxylic acids is 1. The maximum atomic E-state index is 12.6. The first kappa shape index (κ1) is 18.0. The Hall–Kier alpha value is -3.31. The summed E-state index contributed by atoms with van der Waals surface area (Å²) in [6, 6.07) is 16.4. The minimum atomic E-state index is -0.220. The van der Waals surface area contributed by atoms with Gasteiger partial charge in [0.1, 0.15) is 5.75 Å². The van der Waals surface area contributed by atoms with Crippen molar-refractivity contribution >= 4 is 11.6 Å². The van der Waals surface area contributed by atoms with Gasteiger partial charge in [-0.3, -0.25) is 4.79 Å². The number of benzene rings is 2. The lowest BCUT2D eigenvalue weighted by Gasteiger charge is -2.22. The standard InChI is InChI=1S/C20H19N3O2/c1-15-4-7-18(12-16(15)2)23(11-3-10-21)20(24)14-25-19-8-5-17(13-22)6-9-19/h4-9,12H,3,11,14H2,1-2H3. The van der Waals surface area contributed by atoms with E-state index in [4.69, 9.17) is 15.3 Å². The van der Waals surface area contributed by atoms with Crippen LogP contribution in [-0.2, 0) is 4.79 Å². The van der Waals surface area contributed by atoms with Crippen LogP contribution in [0.15, 0.2) is 42.5 Å². The minimum absolute atomic E-state index is 0.135. The summed E-state index contributed by atoms with van der Waals surface area (Å²) < 4.78 is 5.52. The Labute approximate surface area is 147 Å². The van der Waals surface area contributed by atoms with Crippen LogP contribution in [0, 0.1) is 36.5 Å². The van der Waals surface area contributed by atoms with E-state index in [1.54, 1.807) is 29.2 Å². The normalized spacial score (nSPS) is 9.76. The van der Waals surface area contributed by atoms with E-state index < -0.39 is 0 Å². The van der Waals surface area contributed by atoms with Gasteiger partial charge in [0.25, 0.3) is 5.91 Å². The molecule has 0 saturated carbocycles. The average molecular weight is 333 g/mol. The lowest BCUT2D eigenvalue weighted by atomic mass is 10.1. The Morgan fingerprint density at radius 1 is 1.08 bits per heavy atom. The molecule has 5 nitrogen and oxygen atoms in total. The minimum Gasteiger partial charge on any atom is -0.484 e. The molecular formula is C20H19N3O2. The van der Waals surface area contributed by atoms with E-state index >= 15 is 0 Å². The summed E-state index contributed by atoms with van der Waals surface area (Å²) in [5.74, 6) is 0.301. The molecule has 0 unspecified atom stereocenters. The Balaban J connectivity index is 2.10. The summed E-state index contributed by atoms with van der Waals surface area (Å²) in [6.07, 6.45) is 0.246. The number of ether oxygens (including phenoxy) is 1. The Bertz CT molecular complexity index is 830. The topological polar surface area (TPSA) is 77.1 Å². The predicted molar refractivity (Wildman–Crippen MR) is 95.2 cm³/mol. The van der Waals surface area contributed by atoms with Crippen LogP contribution >= 0.6 is 0 Å². The van der Waals surface area contributed by atoms with Gasteiger partial charge in [-0.15, -0.1) is 0 Å².